The molecule has 0 N–H and O–H groups in total. The summed E-state index contributed by atoms with van der Waals surface area (Å²) < 4.78 is 34.7. The lowest BCUT2D eigenvalue weighted by molar-refractivity contribution is -0.394. The van der Waals surface area contributed by atoms with E-state index in [4.69, 9.17) is 23.7 Å². The first-order valence-corrected chi connectivity index (χ1v) is 17.6. The van der Waals surface area contributed by atoms with Crippen molar-refractivity contribution in [2.24, 2.45) is 4.99 Å². The lowest BCUT2D eigenvalue weighted by Gasteiger charge is -2.25. The molecule has 54 heavy (non-hydrogen) atoms. The van der Waals surface area contributed by atoms with Crippen LogP contribution in [0.1, 0.15) is 37.9 Å². The van der Waals surface area contributed by atoms with Crippen molar-refractivity contribution < 1.29 is 47.9 Å². The van der Waals surface area contributed by atoms with Crippen molar-refractivity contribution in [1.82, 2.24) is 4.57 Å². The molecule has 0 saturated heterocycles. The van der Waals surface area contributed by atoms with Gasteiger partial charge in [0.15, 0.2) is 34.4 Å². The minimum atomic E-state index is -0.995. The number of carbonyl (C=O) groups is 2. The number of benzene rings is 3. The largest absolute Gasteiger partial charge is 0.493 e. The number of nitro groups is 2. The molecular weight excluding hydrogens is 796 g/mol. The molecular formula is C35H31BrN4O13S. The second kappa shape index (κ2) is 16.7. The molecule has 1 atom stereocenters. The molecule has 1 aliphatic rings. The number of non-ortho nitro benzene ring substituents is 1. The number of hydrogen-bond acceptors (Lipinski definition) is 15. The summed E-state index contributed by atoms with van der Waals surface area (Å²) in [4.78, 5) is 65.7. The van der Waals surface area contributed by atoms with E-state index in [9.17, 15) is 34.6 Å². The van der Waals surface area contributed by atoms with Crippen LogP contribution in [0.5, 0.6) is 28.7 Å². The molecule has 0 saturated carbocycles. The standard InChI is InChI=1S/C35H31BrN4O13S/c1-6-50-26-15-20(8-10-25(26)52-17-29(41)49-5)31-30(34(43)51-7-2)18(3)37-35-38(31)33(42)28(54-35)14-19-12-22(36)32(27(13-19)48-4)53-24-11-9-21(39(44)45)16-23(24)40(46)47/h8-16,31H,6-7,17H2,1-5H3/b28-14-/t31-/m1/s1. The van der Waals surface area contributed by atoms with Gasteiger partial charge >= 0.3 is 17.6 Å². The highest BCUT2D eigenvalue weighted by atomic mass is 79.9. The third kappa shape index (κ3) is 8.11. The van der Waals surface area contributed by atoms with Crippen molar-refractivity contribution in [3.05, 3.63) is 115 Å². The van der Waals surface area contributed by atoms with Gasteiger partial charge < -0.3 is 28.4 Å². The zero-order valence-electron chi connectivity index (χ0n) is 29.3. The summed E-state index contributed by atoms with van der Waals surface area (Å²) in [6, 6.07) is 9.92. The number of thiazole rings is 1. The Morgan fingerprint density at radius 2 is 1.70 bits per heavy atom. The summed E-state index contributed by atoms with van der Waals surface area (Å²) in [5.74, 6) is -0.881. The molecule has 5 rings (SSSR count). The number of methoxy groups -OCH3 is 2. The molecule has 0 unspecified atom stereocenters. The smallest absolute Gasteiger partial charge is 0.343 e. The van der Waals surface area contributed by atoms with Gasteiger partial charge in [0, 0.05) is 6.07 Å². The van der Waals surface area contributed by atoms with E-state index in [1.54, 1.807) is 51.1 Å². The van der Waals surface area contributed by atoms with Gasteiger partial charge in [-0.2, -0.15) is 0 Å². The fourth-order valence-electron chi connectivity index (χ4n) is 5.42. The Kier molecular flexibility index (Phi) is 12.1. The fourth-order valence-corrected chi connectivity index (χ4v) is 7.00. The molecule has 0 fully saturated rings. The highest BCUT2D eigenvalue weighted by Gasteiger charge is 2.34. The van der Waals surface area contributed by atoms with Gasteiger partial charge in [0.1, 0.15) is 0 Å². The molecule has 3 aromatic carbocycles. The second-order valence-electron chi connectivity index (χ2n) is 11.1. The van der Waals surface area contributed by atoms with Gasteiger partial charge in [0.2, 0.25) is 5.75 Å². The number of aromatic nitrogens is 1. The predicted octanol–water partition coefficient (Wildman–Crippen LogP) is 5.13. The van der Waals surface area contributed by atoms with Gasteiger partial charge in [0.05, 0.1) is 69.7 Å². The molecule has 17 nitrogen and oxygen atoms in total. The van der Waals surface area contributed by atoms with Crippen molar-refractivity contribution in [2.75, 3.05) is 34.0 Å². The monoisotopic (exact) mass is 826 g/mol. The van der Waals surface area contributed by atoms with Crippen LogP contribution in [0.25, 0.3) is 6.08 Å². The van der Waals surface area contributed by atoms with Crippen molar-refractivity contribution in [1.29, 1.82) is 0 Å². The summed E-state index contributed by atoms with van der Waals surface area (Å²) in [7, 11) is 2.58. The van der Waals surface area contributed by atoms with E-state index in [0.717, 1.165) is 29.5 Å². The number of hydrogen-bond donors (Lipinski definition) is 0. The molecule has 1 aromatic heterocycles. The zero-order chi connectivity index (χ0) is 39.3. The molecule has 1 aliphatic heterocycles. The van der Waals surface area contributed by atoms with Crippen LogP contribution in [0.3, 0.4) is 0 Å². The Bertz CT molecular complexity index is 2390. The highest BCUT2D eigenvalue weighted by molar-refractivity contribution is 9.10. The Labute approximate surface area is 318 Å². The van der Waals surface area contributed by atoms with Crippen LogP contribution >= 0.6 is 27.3 Å². The summed E-state index contributed by atoms with van der Waals surface area (Å²) in [5, 5.41) is 22.9. The molecule has 0 bridgehead atoms. The summed E-state index contributed by atoms with van der Waals surface area (Å²) in [6.07, 6.45) is 1.57. The Morgan fingerprint density at radius 3 is 2.35 bits per heavy atom. The van der Waals surface area contributed by atoms with Crippen molar-refractivity contribution in [3.63, 3.8) is 0 Å². The number of allylic oxidation sites excluding steroid dienone is 1. The van der Waals surface area contributed by atoms with Crippen LogP contribution in [-0.4, -0.2) is 60.4 Å². The number of halogens is 1. The number of ether oxygens (including phenoxy) is 6. The van der Waals surface area contributed by atoms with Crippen LogP contribution in [0.2, 0.25) is 0 Å². The third-order valence-electron chi connectivity index (χ3n) is 7.79. The normalized spacial score (nSPS) is 13.7. The number of carbonyl (C=O) groups excluding carboxylic acids is 2. The third-order valence-corrected chi connectivity index (χ3v) is 9.36. The van der Waals surface area contributed by atoms with Gasteiger partial charge in [-0.15, -0.1) is 0 Å². The van der Waals surface area contributed by atoms with Gasteiger partial charge in [-0.25, -0.2) is 14.6 Å². The van der Waals surface area contributed by atoms with Gasteiger partial charge in [0.25, 0.3) is 11.2 Å². The minimum absolute atomic E-state index is 0.0341. The van der Waals surface area contributed by atoms with Crippen LogP contribution < -0.4 is 33.8 Å². The quantitative estimate of drug-likeness (QED) is 0.0919. The van der Waals surface area contributed by atoms with Crippen molar-refractivity contribution >= 4 is 56.7 Å². The Hall–Kier alpha value is -6.08. The Balaban J connectivity index is 1.61. The van der Waals surface area contributed by atoms with E-state index in [0.29, 0.717) is 21.6 Å². The lowest BCUT2D eigenvalue weighted by atomic mass is 9.95. The summed E-state index contributed by atoms with van der Waals surface area (Å²) in [6.45, 7) is 5.01. The number of fused-ring (bicyclic) bond motifs is 1. The first-order valence-electron chi connectivity index (χ1n) is 16.0. The van der Waals surface area contributed by atoms with Crippen molar-refractivity contribution in [2.45, 2.75) is 26.8 Å². The molecule has 0 spiro atoms. The molecule has 0 aliphatic carbocycles. The minimum Gasteiger partial charge on any atom is -0.493 e. The average Bonchev–Trinajstić information content (AvgIpc) is 3.44. The first-order chi connectivity index (χ1) is 25.8. The van der Waals surface area contributed by atoms with Crippen LogP contribution in [-0.2, 0) is 19.1 Å². The SMILES string of the molecule is CCOC(=O)C1=C(C)N=c2s/c(=C\c3cc(Br)c(Oc4ccc([N+](=O)[O-])cc4[N+](=O)[O-])c(OC)c3)c(=O)n2[C@@H]1c1ccc(OCC(=O)OC)c(OCC)c1. The van der Waals surface area contributed by atoms with Gasteiger partial charge in [-0.1, -0.05) is 17.4 Å². The van der Waals surface area contributed by atoms with Gasteiger partial charge in [-0.05, 0) is 84.2 Å². The Morgan fingerprint density at radius 1 is 0.963 bits per heavy atom. The topological polar surface area (TPSA) is 210 Å². The summed E-state index contributed by atoms with van der Waals surface area (Å²) in [5.41, 5.74) is -0.210. The maximum atomic E-state index is 14.3. The van der Waals surface area contributed by atoms with E-state index in [1.807, 2.05) is 0 Å². The lowest BCUT2D eigenvalue weighted by Crippen LogP contribution is -2.40. The zero-order valence-corrected chi connectivity index (χ0v) is 31.7. The molecule has 0 radical (unpaired) electrons. The number of nitro benzene ring substituents is 2. The van der Waals surface area contributed by atoms with E-state index >= 15 is 0 Å². The van der Waals surface area contributed by atoms with E-state index < -0.39 is 44.8 Å². The van der Waals surface area contributed by atoms with E-state index in [1.165, 1.54) is 24.9 Å². The number of nitrogens with zero attached hydrogens (tertiary/aromatic N) is 4. The average molecular weight is 828 g/mol. The van der Waals surface area contributed by atoms with Crippen LogP contribution in [0.15, 0.2) is 74.1 Å². The van der Waals surface area contributed by atoms with Crippen LogP contribution in [0.4, 0.5) is 11.4 Å². The number of rotatable bonds is 14. The molecule has 4 aromatic rings. The second-order valence-corrected chi connectivity index (χ2v) is 13.0. The van der Waals surface area contributed by atoms with E-state index in [2.05, 4.69) is 25.7 Å². The highest BCUT2D eigenvalue weighted by Crippen LogP contribution is 2.43. The summed E-state index contributed by atoms with van der Waals surface area (Å²) >= 11 is 4.48. The molecule has 0 amide bonds. The maximum absolute atomic E-state index is 14.3. The first kappa shape index (κ1) is 39.1. The molecule has 2 heterocycles. The van der Waals surface area contributed by atoms with Crippen LogP contribution in [0, 0.1) is 20.2 Å². The molecule has 282 valence electrons. The predicted molar refractivity (Wildman–Crippen MR) is 196 cm³/mol. The number of esters is 2. The molecule has 19 heteroatoms. The van der Waals surface area contributed by atoms with E-state index in [-0.39, 0.29) is 63.1 Å². The van der Waals surface area contributed by atoms with Gasteiger partial charge in [-0.3, -0.25) is 29.6 Å². The van der Waals surface area contributed by atoms with Crippen molar-refractivity contribution in [3.8, 4) is 28.7 Å². The maximum Gasteiger partial charge on any atom is 0.343 e. The fraction of sp³-hybridized carbons (Fsp3) is 0.257.